The molecular weight excluding hydrogens is 414 g/mol. The van der Waals surface area contributed by atoms with Crippen molar-refractivity contribution in [3.05, 3.63) is 24.3 Å². The molecule has 2 fully saturated rings. The Kier molecular flexibility index (Phi) is 6.03. The van der Waals surface area contributed by atoms with Crippen LogP contribution in [0, 0.1) is 0 Å². The van der Waals surface area contributed by atoms with E-state index in [1.54, 1.807) is 7.11 Å². The highest BCUT2D eigenvalue weighted by atomic mass is 32.2. The first-order valence-electron chi connectivity index (χ1n) is 9.68. The van der Waals surface area contributed by atoms with Crippen molar-refractivity contribution in [2.24, 2.45) is 4.99 Å². The Morgan fingerprint density at radius 2 is 2.14 bits per heavy atom. The number of aliphatic imine (C=N–C) groups is 1. The van der Waals surface area contributed by atoms with Crippen molar-refractivity contribution >= 4 is 38.4 Å². The van der Waals surface area contributed by atoms with E-state index in [0.29, 0.717) is 11.7 Å². The third-order valence-corrected chi connectivity index (χ3v) is 8.52. The van der Waals surface area contributed by atoms with Crippen LogP contribution in [-0.2, 0) is 19.4 Å². The monoisotopic (exact) mass is 439 g/mol. The lowest BCUT2D eigenvalue weighted by molar-refractivity contribution is -0.120. The van der Waals surface area contributed by atoms with Crippen molar-refractivity contribution in [2.45, 2.75) is 30.2 Å². The van der Waals surface area contributed by atoms with Crippen molar-refractivity contribution in [3.63, 3.8) is 0 Å². The molecule has 0 saturated carbocycles. The molecule has 158 valence electrons. The molecule has 4 rings (SSSR count). The summed E-state index contributed by atoms with van der Waals surface area (Å²) in [5.74, 6) is 0.817. The Balaban J connectivity index is 1.49. The molecule has 29 heavy (non-hydrogen) atoms. The highest BCUT2D eigenvalue weighted by Crippen LogP contribution is 2.37. The van der Waals surface area contributed by atoms with Gasteiger partial charge in [-0.05, 0) is 37.1 Å². The number of nitrogens with one attached hydrogen (secondary N) is 1. The molecule has 0 aromatic heterocycles. The molecule has 3 atom stereocenters. The number of carbonyl (C=O) groups excluding carboxylic acids is 1. The quantitative estimate of drug-likeness (QED) is 0.708. The molecule has 3 aliphatic heterocycles. The van der Waals surface area contributed by atoms with Gasteiger partial charge in [0.25, 0.3) is 0 Å². The Morgan fingerprint density at radius 1 is 1.34 bits per heavy atom. The molecule has 10 heteroatoms. The average Bonchev–Trinajstić information content (AvgIpc) is 3.39. The van der Waals surface area contributed by atoms with Crippen LogP contribution in [0.15, 0.2) is 29.3 Å². The van der Waals surface area contributed by atoms with Gasteiger partial charge in [-0.15, -0.1) is 0 Å². The van der Waals surface area contributed by atoms with Crippen LogP contribution in [0.2, 0.25) is 0 Å². The summed E-state index contributed by atoms with van der Waals surface area (Å²) in [7, 11) is -1.42. The largest absolute Gasteiger partial charge is 0.497 e. The predicted octanol–water partition coefficient (Wildman–Crippen LogP) is 1.07. The summed E-state index contributed by atoms with van der Waals surface area (Å²) >= 11 is 1.44. The second-order valence-electron chi connectivity index (χ2n) is 7.44. The molecule has 1 unspecified atom stereocenters. The lowest BCUT2D eigenvalue weighted by Crippen LogP contribution is -2.42. The van der Waals surface area contributed by atoms with Gasteiger partial charge >= 0.3 is 0 Å². The summed E-state index contributed by atoms with van der Waals surface area (Å²) < 4.78 is 34.5. The third-order valence-electron chi connectivity index (χ3n) is 5.27. The maximum atomic E-state index is 12.6. The highest BCUT2D eigenvalue weighted by Gasteiger charge is 2.44. The van der Waals surface area contributed by atoms with Crippen molar-refractivity contribution in [1.82, 2.24) is 5.32 Å². The molecular formula is C19H25N3O5S2. The molecule has 1 aromatic carbocycles. The molecule has 3 heterocycles. The Labute approximate surface area is 175 Å². The van der Waals surface area contributed by atoms with E-state index >= 15 is 0 Å². The first-order valence-corrected chi connectivity index (χ1v) is 12.4. The molecule has 8 nitrogen and oxygen atoms in total. The summed E-state index contributed by atoms with van der Waals surface area (Å²) in [4.78, 5) is 19.1. The normalized spacial score (nSPS) is 27.3. The minimum atomic E-state index is -3.03. The second kappa shape index (κ2) is 8.53. The summed E-state index contributed by atoms with van der Waals surface area (Å²) in [6.07, 6.45) is 2.07. The maximum Gasteiger partial charge on any atom is 0.240 e. The van der Waals surface area contributed by atoms with Crippen LogP contribution in [0.4, 0.5) is 5.69 Å². The second-order valence-corrected chi connectivity index (χ2v) is 10.8. The number of methoxy groups -OCH3 is 1. The zero-order valence-electron chi connectivity index (χ0n) is 16.2. The fourth-order valence-corrected chi connectivity index (χ4v) is 7.52. The van der Waals surface area contributed by atoms with Crippen LogP contribution in [0.1, 0.15) is 12.8 Å². The van der Waals surface area contributed by atoms with E-state index < -0.39 is 9.84 Å². The molecule has 1 amide bonds. The Bertz CT molecular complexity index is 882. The Hall–Kier alpha value is -1.78. The number of benzene rings is 1. The van der Waals surface area contributed by atoms with E-state index in [1.165, 1.54) is 11.8 Å². The number of rotatable bonds is 6. The van der Waals surface area contributed by atoms with Crippen LogP contribution < -0.4 is 15.0 Å². The van der Waals surface area contributed by atoms with E-state index in [-0.39, 0.29) is 41.4 Å². The van der Waals surface area contributed by atoms with Crippen LogP contribution in [0.3, 0.4) is 0 Å². The maximum absolute atomic E-state index is 12.6. The van der Waals surface area contributed by atoms with E-state index in [1.807, 2.05) is 29.2 Å². The minimum Gasteiger partial charge on any atom is -0.497 e. The van der Waals surface area contributed by atoms with Crippen molar-refractivity contribution in [3.8, 4) is 5.75 Å². The minimum absolute atomic E-state index is 0.0781. The van der Waals surface area contributed by atoms with E-state index in [2.05, 4.69) is 10.3 Å². The van der Waals surface area contributed by atoms with Crippen molar-refractivity contribution in [1.29, 1.82) is 0 Å². The average molecular weight is 440 g/mol. The standard InChI is InChI=1S/C19H25N3O5S2/c1-26-14-6-4-13(5-7-14)22(10-18(23)20-9-15-3-2-8-27-15)19-21-16-11-29(24,25)12-17(16)28-19/h4-7,15-17H,2-3,8-12H2,1H3,(H,20,23)/t15?,16-,17+/m1/s1. The van der Waals surface area contributed by atoms with Crippen molar-refractivity contribution in [2.75, 3.05) is 43.2 Å². The van der Waals surface area contributed by atoms with Crippen LogP contribution in [0.5, 0.6) is 5.75 Å². The topological polar surface area (TPSA) is 97.3 Å². The molecule has 2 saturated heterocycles. The molecule has 3 aliphatic rings. The van der Waals surface area contributed by atoms with Crippen LogP contribution in [-0.4, -0.2) is 75.2 Å². The summed E-state index contributed by atoms with van der Waals surface area (Å²) in [6, 6.07) is 7.17. The molecule has 0 bridgehead atoms. The van der Waals surface area contributed by atoms with Gasteiger partial charge in [-0.2, -0.15) is 0 Å². The van der Waals surface area contributed by atoms with Crippen LogP contribution in [0.25, 0.3) is 0 Å². The number of amides is 1. The van der Waals surface area contributed by atoms with E-state index in [9.17, 15) is 13.2 Å². The number of thioether (sulfide) groups is 1. The lowest BCUT2D eigenvalue weighted by atomic mass is 10.2. The number of carbonyl (C=O) groups is 1. The first kappa shape index (κ1) is 20.5. The fourth-order valence-electron chi connectivity index (χ4n) is 3.73. The number of hydrogen-bond acceptors (Lipinski definition) is 8. The SMILES string of the molecule is COc1ccc(N(CC(=O)NCC2CCCO2)C2=N[C@@H]3CS(=O)(=O)C[C@@H]3S2)cc1. The highest BCUT2D eigenvalue weighted by molar-refractivity contribution is 8.15. The van der Waals surface area contributed by atoms with Gasteiger partial charge in [-0.1, -0.05) is 11.8 Å². The summed E-state index contributed by atoms with van der Waals surface area (Å²) in [5.41, 5.74) is 0.812. The first-order chi connectivity index (χ1) is 13.9. The van der Waals surface area contributed by atoms with Crippen LogP contribution >= 0.6 is 11.8 Å². The van der Waals surface area contributed by atoms with Gasteiger partial charge in [0.05, 0.1) is 30.8 Å². The van der Waals surface area contributed by atoms with E-state index in [4.69, 9.17) is 9.47 Å². The summed E-state index contributed by atoms with van der Waals surface area (Å²) in [5, 5.41) is 3.55. The molecule has 0 spiro atoms. The number of nitrogens with zero attached hydrogens (tertiary/aromatic N) is 2. The smallest absolute Gasteiger partial charge is 0.240 e. The van der Waals surface area contributed by atoms with Gasteiger partial charge in [-0.3, -0.25) is 9.79 Å². The van der Waals surface area contributed by atoms with Gasteiger partial charge in [0.1, 0.15) is 12.3 Å². The molecule has 0 aliphatic carbocycles. The number of fused-ring (bicyclic) bond motifs is 1. The zero-order chi connectivity index (χ0) is 20.4. The van der Waals surface area contributed by atoms with E-state index in [0.717, 1.165) is 30.9 Å². The van der Waals surface area contributed by atoms with Gasteiger partial charge in [0.2, 0.25) is 5.91 Å². The predicted molar refractivity (Wildman–Crippen MR) is 114 cm³/mol. The number of sulfone groups is 1. The molecule has 1 aromatic rings. The number of ether oxygens (including phenoxy) is 2. The number of hydrogen-bond donors (Lipinski definition) is 1. The van der Waals surface area contributed by atoms with Crippen molar-refractivity contribution < 1.29 is 22.7 Å². The third kappa shape index (κ3) is 4.87. The molecule has 1 N–H and O–H groups in total. The Morgan fingerprint density at radius 3 is 2.79 bits per heavy atom. The number of anilines is 1. The fraction of sp³-hybridized carbons (Fsp3) is 0.579. The van der Waals surface area contributed by atoms with Gasteiger partial charge in [0, 0.05) is 24.1 Å². The lowest BCUT2D eigenvalue weighted by Gasteiger charge is -2.24. The van der Waals surface area contributed by atoms with Gasteiger partial charge in [0.15, 0.2) is 15.0 Å². The molecule has 0 radical (unpaired) electrons. The summed E-state index contributed by atoms with van der Waals surface area (Å²) in [6.45, 7) is 1.35. The zero-order valence-corrected chi connectivity index (χ0v) is 17.9. The number of amidine groups is 1. The van der Waals surface area contributed by atoms with Gasteiger partial charge < -0.3 is 19.7 Å². The van der Waals surface area contributed by atoms with Gasteiger partial charge in [-0.25, -0.2) is 8.42 Å².